The van der Waals surface area contributed by atoms with Gasteiger partial charge >= 0.3 is 0 Å². The van der Waals surface area contributed by atoms with E-state index in [0.717, 1.165) is 44.7 Å². The summed E-state index contributed by atoms with van der Waals surface area (Å²) in [6, 6.07) is 51.2. The second-order valence-electron chi connectivity index (χ2n) is 17.6. The first-order chi connectivity index (χ1) is 26.9. The van der Waals surface area contributed by atoms with Gasteiger partial charge in [0.15, 0.2) is 5.58 Å². The molecule has 0 N–H and O–H groups in total. The molecular formula is C51H44BClN2O. The van der Waals surface area contributed by atoms with E-state index in [4.69, 9.17) is 16.0 Å². The van der Waals surface area contributed by atoms with Gasteiger partial charge in [0.1, 0.15) is 5.58 Å². The van der Waals surface area contributed by atoms with Gasteiger partial charge in [-0.2, -0.15) is 0 Å². The number of fused-ring (bicyclic) bond motifs is 7. The van der Waals surface area contributed by atoms with Crippen LogP contribution in [0.5, 0.6) is 0 Å². The third-order valence-corrected chi connectivity index (χ3v) is 12.1. The zero-order chi connectivity index (χ0) is 38.7. The highest BCUT2D eigenvalue weighted by Crippen LogP contribution is 2.49. The van der Waals surface area contributed by atoms with Gasteiger partial charge in [-0.3, -0.25) is 0 Å². The molecule has 10 rings (SSSR count). The molecule has 274 valence electrons. The summed E-state index contributed by atoms with van der Waals surface area (Å²) in [7, 11) is 0. The lowest BCUT2D eigenvalue weighted by atomic mass is 9.33. The Morgan fingerprint density at radius 3 is 1.86 bits per heavy atom. The van der Waals surface area contributed by atoms with Crippen LogP contribution >= 0.6 is 11.6 Å². The molecule has 0 atom stereocenters. The van der Waals surface area contributed by atoms with E-state index in [1.807, 2.05) is 12.1 Å². The van der Waals surface area contributed by atoms with Crippen LogP contribution in [0.4, 0.5) is 34.1 Å². The predicted octanol–water partition coefficient (Wildman–Crippen LogP) is 12.9. The van der Waals surface area contributed by atoms with Gasteiger partial charge in [0.05, 0.1) is 11.4 Å². The van der Waals surface area contributed by atoms with Crippen LogP contribution in [0.1, 0.15) is 58.2 Å². The van der Waals surface area contributed by atoms with Gasteiger partial charge < -0.3 is 14.2 Å². The Balaban J connectivity index is 1.32. The van der Waals surface area contributed by atoms with Gasteiger partial charge in [-0.1, -0.05) is 138 Å². The van der Waals surface area contributed by atoms with Gasteiger partial charge in [-0.05, 0) is 111 Å². The summed E-state index contributed by atoms with van der Waals surface area (Å²) in [5, 5.41) is 2.91. The number of furan rings is 1. The molecule has 3 nitrogen and oxygen atoms in total. The molecule has 0 saturated heterocycles. The van der Waals surface area contributed by atoms with Crippen LogP contribution in [0.3, 0.4) is 0 Å². The fourth-order valence-corrected chi connectivity index (χ4v) is 9.21. The summed E-state index contributed by atoms with van der Waals surface area (Å²) in [6.45, 7) is 16.0. The van der Waals surface area contributed by atoms with Crippen LogP contribution in [0, 0.1) is 6.92 Å². The smallest absolute Gasteiger partial charge is 0.252 e. The average Bonchev–Trinajstić information content (AvgIpc) is 3.56. The fraction of sp³-hybridized carbons (Fsp3) is 0.176. The Kier molecular flexibility index (Phi) is 7.70. The quantitative estimate of drug-likeness (QED) is 0.168. The first-order valence-electron chi connectivity index (χ1n) is 19.7. The van der Waals surface area contributed by atoms with Crippen molar-refractivity contribution >= 4 is 90.8 Å². The van der Waals surface area contributed by atoms with E-state index in [1.165, 1.54) is 55.6 Å². The molecule has 2 aliphatic rings. The molecule has 2 aliphatic heterocycles. The van der Waals surface area contributed by atoms with Crippen LogP contribution in [-0.4, -0.2) is 6.71 Å². The number of nitrogens with zero attached hydrogens (tertiary/aromatic N) is 2. The van der Waals surface area contributed by atoms with Gasteiger partial charge in [-0.15, -0.1) is 0 Å². The molecule has 8 aromatic rings. The van der Waals surface area contributed by atoms with Crippen LogP contribution in [0.15, 0.2) is 144 Å². The lowest BCUT2D eigenvalue weighted by Crippen LogP contribution is -2.61. The molecule has 56 heavy (non-hydrogen) atoms. The number of aryl methyl sites for hydroxylation is 1. The van der Waals surface area contributed by atoms with Gasteiger partial charge in [0.25, 0.3) is 6.71 Å². The highest BCUT2D eigenvalue weighted by molar-refractivity contribution is 7.00. The lowest BCUT2D eigenvalue weighted by molar-refractivity contribution is 0.590. The molecule has 0 amide bonds. The zero-order valence-corrected chi connectivity index (χ0v) is 33.8. The second kappa shape index (κ2) is 12.4. The number of para-hydroxylation sites is 2. The van der Waals surface area contributed by atoms with E-state index in [9.17, 15) is 0 Å². The van der Waals surface area contributed by atoms with Crippen molar-refractivity contribution < 1.29 is 4.42 Å². The first-order valence-corrected chi connectivity index (χ1v) is 20.0. The SMILES string of the molecule is Cc1cc2c3c(c1)N(c1cccc4c1oc1ccccc14)c1cc(Cl)ccc1B3c1ccc(C(C)(C)C)cc1N2c1ccc(C(C)(C)C)cc1-c1ccccc1. The summed E-state index contributed by atoms with van der Waals surface area (Å²) in [5.41, 5.74) is 18.4. The van der Waals surface area contributed by atoms with E-state index < -0.39 is 0 Å². The highest BCUT2D eigenvalue weighted by Gasteiger charge is 2.44. The molecule has 0 aliphatic carbocycles. The number of hydrogen-bond acceptors (Lipinski definition) is 3. The molecular weight excluding hydrogens is 703 g/mol. The molecule has 0 radical (unpaired) electrons. The van der Waals surface area contributed by atoms with Crippen molar-refractivity contribution in [2.24, 2.45) is 0 Å². The summed E-state index contributed by atoms with van der Waals surface area (Å²) in [5.74, 6) is 0. The number of hydrogen-bond donors (Lipinski definition) is 0. The van der Waals surface area contributed by atoms with Crippen molar-refractivity contribution in [2.75, 3.05) is 9.80 Å². The van der Waals surface area contributed by atoms with Crippen LogP contribution in [0.25, 0.3) is 33.1 Å². The second-order valence-corrected chi connectivity index (χ2v) is 18.1. The molecule has 5 heteroatoms. The van der Waals surface area contributed by atoms with Crippen molar-refractivity contribution in [3.8, 4) is 11.1 Å². The monoisotopic (exact) mass is 746 g/mol. The molecule has 0 spiro atoms. The minimum Gasteiger partial charge on any atom is -0.454 e. The Morgan fingerprint density at radius 1 is 0.518 bits per heavy atom. The summed E-state index contributed by atoms with van der Waals surface area (Å²) < 4.78 is 6.73. The van der Waals surface area contributed by atoms with E-state index in [0.29, 0.717) is 5.02 Å². The Morgan fingerprint density at radius 2 is 1.12 bits per heavy atom. The summed E-state index contributed by atoms with van der Waals surface area (Å²) >= 11 is 6.94. The zero-order valence-electron chi connectivity index (χ0n) is 33.0. The number of rotatable bonds is 3. The van der Waals surface area contributed by atoms with E-state index >= 15 is 0 Å². The standard InChI is InChI=1S/C51H44BClN2O/c1-31-26-45-48-46(27-31)55(42-18-13-17-37-36-16-11-12-19-47(36)56-49(37)42)44-30-35(53)22-24-40(44)52(48)39-23-20-34(51(5,6)7)29-43(39)54(45)41-25-21-33(50(2,3)4)28-38(41)32-14-9-8-10-15-32/h8-30H,1-7H3. The van der Waals surface area contributed by atoms with Crippen molar-refractivity contribution in [1.29, 1.82) is 0 Å². The van der Waals surface area contributed by atoms with Crippen molar-refractivity contribution in [2.45, 2.75) is 59.3 Å². The van der Waals surface area contributed by atoms with Gasteiger partial charge in [0.2, 0.25) is 0 Å². The highest BCUT2D eigenvalue weighted by atomic mass is 35.5. The third-order valence-electron chi connectivity index (χ3n) is 11.9. The molecule has 0 unspecified atom stereocenters. The maximum atomic E-state index is 6.94. The third kappa shape index (κ3) is 5.34. The average molecular weight is 747 g/mol. The largest absolute Gasteiger partial charge is 0.454 e. The number of benzene rings is 7. The van der Waals surface area contributed by atoms with Crippen molar-refractivity contribution in [3.05, 3.63) is 161 Å². The number of halogens is 1. The number of anilines is 6. The molecule has 3 heterocycles. The van der Waals surface area contributed by atoms with E-state index in [1.54, 1.807) is 0 Å². The normalized spacial score (nSPS) is 13.6. The first kappa shape index (κ1) is 34.8. The molecule has 1 aromatic heterocycles. The maximum Gasteiger partial charge on any atom is 0.252 e. The minimum absolute atomic E-state index is 0.0158. The topological polar surface area (TPSA) is 19.6 Å². The van der Waals surface area contributed by atoms with Crippen LogP contribution < -0.4 is 26.2 Å². The van der Waals surface area contributed by atoms with Gasteiger partial charge in [0, 0.05) is 44.1 Å². The summed E-state index contributed by atoms with van der Waals surface area (Å²) in [6.07, 6.45) is 0. The van der Waals surface area contributed by atoms with E-state index in [-0.39, 0.29) is 17.5 Å². The van der Waals surface area contributed by atoms with Crippen LogP contribution in [-0.2, 0) is 10.8 Å². The Labute approximate surface area is 335 Å². The van der Waals surface area contributed by atoms with Crippen molar-refractivity contribution in [1.82, 2.24) is 0 Å². The molecule has 0 saturated carbocycles. The fourth-order valence-electron chi connectivity index (χ4n) is 9.04. The predicted molar refractivity (Wildman–Crippen MR) is 240 cm³/mol. The van der Waals surface area contributed by atoms with Gasteiger partial charge in [-0.25, -0.2) is 0 Å². The molecule has 0 fully saturated rings. The van der Waals surface area contributed by atoms with E-state index in [2.05, 4.69) is 186 Å². The van der Waals surface area contributed by atoms with Crippen LogP contribution in [0.2, 0.25) is 5.02 Å². The molecule has 7 aromatic carbocycles. The summed E-state index contributed by atoms with van der Waals surface area (Å²) in [4.78, 5) is 4.96. The molecule has 0 bridgehead atoms. The minimum atomic E-state index is -0.0445. The van der Waals surface area contributed by atoms with Crippen molar-refractivity contribution in [3.63, 3.8) is 0 Å². The Bertz CT molecular complexity index is 2880. The maximum absolute atomic E-state index is 6.94. The lowest BCUT2D eigenvalue weighted by Gasteiger charge is -2.45. The Hall–Kier alpha value is -5.71.